The van der Waals surface area contributed by atoms with Crippen molar-refractivity contribution in [2.45, 2.75) is 26.0 Å². The van der Waals surface area contributed by atoms with Crippen LogP contribution in [0.25, 0.3) is 0 Å². The Morgan fingerprint density at radius 3 is 2.81 bits per heavy atom. The van der Waals surface area contributed by atoms with Crippen LogP contribution >= 0.6 is 11.6 Å². The molecule has 1 fully saturated rings. The summed E-state index contributed by atoms with van der Waals surface area (Å²) in [5.41, 5.74) is 2.95. The molecule has 0 saturated carbocycles. The van der Waals surface area contributed by atoms with Crippen LogP contribution < -0.4 is 0 Å². The highest BCUT2D eigenvalue weighted by molar-refractivity contribution is 6.31. The van der Waals surface area contributed by atoms with Crippen LogP contribution in [0.4, 0.5) is 0 Å². The zero-order valence-corrected chi connectivity index (χ0v) is 12.7. The number of aliphatic hydroxyl groups is 1. The van der Waals surface area contributed by atoms with E-state index in [4.69, 9.17) is 11.6 Å². The normalized spacial score (nSPS) is 22.8. The van der Waals surface area contributed by atoms with Crippen molar-refractivity contribution in [1.29, 1.82) is 0 Å². The number of H-pyrrole nitrogens is 1. The Bertz CT molecular complexity index is 601. The van der Waals surface area contributed by atoms with Crippen molar-refractivity contribution >= 4 is 11.6 Å². The quantitative estimate of drug-likeness (QED) is 0.904. The topological polar surface area (TPSA) is 65.0 Å². The van der Waals surface area contributed by atoms with Crippen LogP contribution in [0.2, 0.25) is 5.02 Å². The van der Waals surface area contributed by atoms with Gasteiger partial charge in [0.1, 0.15) is 0 Å². The van der Waals surface area contributed by atoms with Crippen LogP contribution in [-0.4, -0.2) is 44.4 Å². The molecule has 21 heavy (non-hydrogen) atoms. The van der Waals surface area contributed by atoms with E-state index in [-0.39, 0.29) is 12.0 Å². The number of halogens is 1. The number of aromatic nitrogens is 3. The van der Waals surface area contributed by atoms with E-state index < -0.39 is 0 Å². The number of nitrogens with one attached hydrogen (secondary N) is 1. The van der Waals surface area contributed by atoms with Crippen molar-refractivity contribution in [3.8, 4) is 0 Å². The number of rotatable bonds is 4. The second-order valence-electron chi connectivity index (χ2n) is 5.69. The predicted octanol–water partition coefficient (Wildman–Crippen LogP) is 1.80. The highest BCUT2D eigenvalue weighted by Crippen LogP contribution is 2.25. The summed E-state index contributed by atoms with van der Waals surface area (Å²) in [7, 11) is 0. The molecule has 1 saturated heterocycles. The lowest BCUT2D eigenvalue weighted by Crippen LogP contribution is -2.21. The van der Waals surface area contributed by atoms with Crippen LogP contribution in [0.15, 0.2) is 24.5 Å². The molecule has 2 aromatic rings. The van der Waals surface area contributed by atoms with Gasteiger partial charge in [-0.2, -0.15) is 5.10 Å². The lowest BCUT2D eigenvalue weighted by atomic mass is 9.97. The molecular weight excluding hydrogens is 288 g/mol. The van der Waals surface area contributed by atoms with Crippen molar-refractivity contribution in [2.24, 2.45) is 5.92 Å². The zero-order valence-electron chi connectivity index (χ0n) is 12.0. The first-order chi connectivity index (χ1) is 10.1. The summed E-state index contributed by atoms with van der Waals surface area (Å²) in [5, 5.41) is 18.1. The van der Waals surface area contributed by atoms with E-state index in [1.165, 1.54) is 5.56 Å². The smallest absolute Gasteiger partial charge is 0.0951 e. The number of hydrogen-bond acceptors (Lipinski definition) is 4. The number of hydrogen-bond donors (Lipinski definition) is 2. The molecule has 0 aromatic carbocycles. The molecule has 2 aromatic heterocycles. The minimum Gasteiger partial charge on any atom is -0.391 e. The second-order valence-corrected chi connectivity index (χ2v) is 6.07. The van der Waals surface area contributed by atoms with Gasteiger partial charge >= 0.3 is 0 Å². The van der Waals surface area contributed by atoms with Crippen LogP contribution in [0, 0.1) is 12.8 Å². The standard InChI is InChI=1S/C15H19ClN4O/c1-10-15(16)13(19-18-10)8-20-7-12(14(21)9-20)6-11-2-4-17-5-3-11/h2-5,12,14,21H,6-9H2,1H3,(H,18,19)/t12-,14+/m1/s1. The van der Waals surface area contributed by atoms with E-state index >= 15 is 0 Å². The molecule has 0 spiro atoms. The predicted molar refractivity (Wildman–Crippen MR) is 81.0 cm³/mol. The molecule has 3 heterocycles. The highest BCUT2D eigenvalue weighted by Gasteiger charge is 2.31. The fourth-order valence-electron chi connectivity index (χ4n) is 2.88. The number of aryl methyl sites for hydroxylation is 1. The third kappa shape index (κ3) is 3.26. The molecule has 2 N–H and O–H groups in total. The number of likely N-dealkylation sites (tertiary alicyclic amines) is 1. The Morgan fingerprint density at radius 2 is 2.14 bits per heavy atom. The van der Waals surface area contributed by atoms with Gasteiger partial charge in [-0.25, -0.2) is 0 Å². The summed E-state index contributed by atoms with van der Waals surface area (Å²) in [4.78, 5) is 6.23. The SMILES string of the molecule is Cc1[nH]nc(CN2C[C@@H](Cc3ccncc3)[C@@H](O)C2)c1Cl. The van der Waals surface area contributed by atoms with Gasteiger partial charge in [0.25, 0.3) is 0 Å². The third-order valence-electron chi connectivity index (χ3n) is 4.04. The van der Waals surface area contributed by atoms with Gasteiger partial charge in [0, 0.05) is 37.9 Å². The van der Waals surface area contributed by atoms with E-state index in [9.17, 15) is 5.11 Å². The van der Waals surface area contributed by atoms with Crippen LogP contribution in [0.3, 0.4) is 0 Å². The molecule has 0 aliphatic carbocycles. The molecule has 2 atom stereocenters. The van der Waals surface area contributed by atoms with Gasteiger partial charge in [0.2, 0.25) is 0 Å². The Kier molecular flexibility index (Phi) is 4.24. The molecule has 1 aliphatic rings. The molecule has 3 rings (SSSR count). The van der Waals surface area contributed by atoms with E-state index in [0.717, 1.165) is 24.4 Å². The number of nitrogens with zero attached hydrogens (tertiary/aromatic N) is 3. The Morgan fingerprint density at radius 1 is 1.38 bits per heavy atom. The molecule has 0 amide bonds. The minimum absolute atomic E-state index is 0.242. The first-order valence-corrected chi connectivity index (χ1v) is 7.50. The number of β-amino-alcohol motifs (C(OH)–C–C–N with tert-alkyl or cyclic N) is 1. The molecule has 0 bridgehead atoms. The molecular formula is C15H19ClN4O. The van der Waals surface area contributed by atoms with Crippen molar-refractivity contribution in [1.82, 2.24) is 20.1 Å². The summed E-state index contributed by atoms with van der Waals surface area (Å²) >= 11 is 6.20. The van der Waals surface area contributed by atoms with Gasteiger partial charge in [-0.05, 0) is 31.0 Å². The summed E-state index contributed by atoms with van der Waals surface area (Å²) in [5.74, 6) is 0.242. The Labute approximate surface area is 129 Å². The number of pyridine rings is 1. The Hall–Kier alpha value is -1.43. The van der Waals surface area contributed by atoms with E-state index in [1.807, 2.05) is 19.1 Å². The first kappa shape index (κ1) is 14.5. The molecule has 5 nitrogen and oxygen atoms in total. The van der Waals surface area contributed by atoms with Crippen LogP contribution in [0.5, 0.6) is 0 Å². The fourth-order valence-corrected chi connectivity index (χ4v) is 3.02. The third-order valence-corrected chi connectivity index (χ3v) is 4.55. The first-order valence-electron chi connectivity index (χ1n) is 7.12. The second kappa shape index (κ2) is 6.13. The van der Waals surface area contributed by atoms with Crippen molar-refractivity contribution in [3.05, 3.63) is 46.5 Å². The maximum Gasteiger partial charge on any atom is 0.0951 e. The van der Waals surface area contributed by atoms with Gasteiger partial charge < -0.3 is 5.11 Å². The fraction of sp³-hybridized carbons (Fsp3) is 0.467. The molecule has 1 aliphatic heterocycles. The van der Waals surface area contributed by atoms with Crippen molar-refractivity contribution in [2.75, 3.05) is 13.1 Å². The molecule has 6 heteroatoms. The summed E-state index contributed by atoms with van der Waals surface area (Å²) < 4.78 is 0. The Balaban J connectivity index is 1.62. The van der Waals surface area contributed by atoms with E-state index in [2.05, 4.69) is 20.1 Å². The lowest BCUT2D eigenvalue weighted by Gasteiger charge is -2.14. The summed E-state index contributed by atoms with van der Waals surface area (Å²) in [6, 6.07) is 4.01. The number of aromatic amines is 1. The average Bonchev–Trinajstić information content (AvgIpc) is 2.98. The van der Waals surface area contributed by atoms with Crippen molar-refractivity contribution < 1.29 is 5.11 Å². The summed E-state index contributed by atoms with van der Waals surface area (Å²) in [6.07, 6.45) is 4.14. The van der Waals surface area contributed by atoms with E-state index in [0.29, 0.717) is 18.1 Å². The maximum atomic E-state index is 10.3. The van der Waals surface area contributed by atoms with Gasteiger partial charge in [0.05, 0.1) is 22.5 Å². The van der Waals surface area contributed by atoms with Gasteiger partial charge in [-0.15, -0.1) is 0 Å². The van der Waals surface area contributed by atoms with E-state index in [1.54, 1.807) is 12.4 Å². The molecule has 0 radical (unpaired) electrons. The number of aliphatic hydroxyl groups excluding tert-OH is 1. The van der Waals surface area contributed by atoms with Crippen molar-refractivity contribution in [3.63, 3.8) is 0 Å². The minimum atomic E-state index is -0.308. The summed E-state index contributed by atoms with van der Waals surface area (Å²) in [6.45, 7) is 4.10. The average molecular weight is 307 g/mol. The monoisotopic (exact) mass is 306 g/mol. The zero-order chi connectivity index (χ0) is 14.8. The highest BCUT2D eigenvalue weighted by atomic mass is 35.5. The van der Waals surface area contributed by atoms with Gasteiger partial charge in [-0.3, -0.25) is 15.0 Å². The van der Waals surface area contributed by atoms with Gasteiger partial charge in [-0.1, -0.05) is 11.6 Å². The van der Waals surface area contributed by atoms with Crippen LogP contribution in [-0.2, 0) is 13.0 Å². The maximum absolute atomic E-state index is 10.3. The van der Waals surface area contributed by atoms with Gasteiger partial charge in [0.15, 0.2) is 0 Å². The molecule has 0 unspecified atom stereocenters. The lowest BCUT2D eigenvalue weighted by molar-refractivity contribution is 0.141. The molecule has 112 valence electrons. The largest absolute Gasteiger partial charge is 0.391 e. The van der Waals surface area contributed by atoms with Crippen LogP contribution in [0.1, 0.15) is 17.0 Å².